The predicted octanol–water partition coefficient (Wildman–Crippen LogP) is 5.44. The van der Waals surface area contributed by atoms with Gasteiger partial charge in [0.25, 0.3) is 0 Å². The minimum Gasteiger partial charge on any atom is -0.478 e. The molecule has 56 heavy (non-hydrogen) atoms. The number of hydrogen-bond donors (Lipinski definition) is 6. The number of carbonyl (C=O) groups excluding carboxylic acids is 2. The summed E-state index contributed by atoms with van der Waals surface area (Å²) in [4.78, 5) is 46.1. The second kappa shape index (κ2) is 12.0. The maximum Gasteiger partial charge on any atom is 0.331 e. The number of allylic oxidation sites excluding steroid dienone is 2. The Morgan fingerprint density at radius 2 is 1.64 bits per heavy atom. The lowest BCUT2D eigenvalue weighted by molar-refractivity contribution is -0.165. The van der Waals surface area contributed by atoms with Crippen LogP contribution in [-0.4, -0.2) is 66.8 Å². The summed E-state index contributed by atoms with van der Waals surface area (Å²) in [6.07, 6.45) is 14.8. The Hall–Kier alpha value is -4.12. The van der Waals surface area contributed by atoms with Gasteiger partial charge in [-0.25, -0.2) is 9.79 Å². The van der Waals surface area contributed by atoms with Crippen molar-refractivity contribution in [3.05, 3.63) is 89.1 Å². The second-order valence-electron chi connectivity index (χ2n) is 19.5. The molecule has 1 spiro atoms. The van der Waals surface area contributed by atoms with Gasteiger partial charge < -0.3 is 31.9 Å². The summed E-state index contributed by atoms with van der Waals surface area (Å²) in [6.45, 7) is 12.0. The zero-order valence-electron chi connectivity index (χ0n) is 33.4. The molecule has 0 aliphatic heterocycles. The highest BCUT2D eigenvalue weighted by Crippen LogP contribution is 2.82. The molecule has 0 amide bonds. The fourth-order valence-corrected chi connectivity index (χ4v) is 14.2. The number of carbonyl (C=O) groups is 3. The molecule has 2 saturated carbocycles. The van der Waals surface area contributed by atoms with Crippen molar-refractivity contribution in [2.75, 3.05) is 0 Å². The van der Waals surface area contributed by atoms with Gasteiger partial charge in [0.15, 0.2) is 11.7 Å². The first-order valence-electron chi connectivity index (χ1n) is 20.2. The summed E-state index contributed by atoms with van der Waals surface area (Å²) in [5.41, 5.74) is 4.33. The molecule has 0 radical (unpaired) electrons. The van der Waals surface area contributed by atoms with Crippen molar-refractivity contribution in [2.45, 2.75) is 109 Å². The summed E-state index contributed by atoms with van der Waals surface area (Å²) in [5, 5.41) is 49.6. The maximum absolute atomic E-state index is 15.4. The molecule has 12 atom stereocenters. The SMILES string of the molecule is CC1C(C2(O)C=C(C(=O)O)CCC2)C(N=C(N)N)C=CC12CC1(O)C=CC3(O)C4=C(C(=O)CC2(C)C41C)C1(C)CCC(=O)C(C)(C)C1C3C=Cc1ccccc1. The van der Waals surface area contributed by atoms with E-state index >= 15 is 4.79 Å². The van der Waals surface area contributed by atoms with E-state index in [0.29, 0.717) is 36.8 Å². The van der Waals surface area contributed by atoms with E-state index < -0.39 is 79.6 Å². The summed E-state index contributed by atoms with van der Waals surface area (Å²) in [7, 11) is 0. The molecule has 7 aliphatic carbocycles. The number of aliphatic imine (C=N–C) groups is 1. The monoisotopic (exact) mass is 763 g/mol. The molecule has 0 bridgehead atoms. The number of aliphatic carboxylic acids is 1. The second-order valence-corrected chi connectivity index (χ2v) is 19.5. The number of aliphatic hydroxyl groups is 3. The lowest BCUT2D eigenvalue weighted by Gasteiger charge is -2.69. The fraction of sp³-hybridized carbons (Fsp3) is 0.565. The maximum atomic E-state index is 15.4. The molecule has 7 aliphatic rings. The van der Waals surface area contributed by atoms with Gasteiger partial charge in [-0.2, -0.15) is 0 Å². The number of Topliss-reactive ketones (excluding diaryl/α,β-unsaturated/α-hetero) is 2. The molecule has 2 fully saturated rings. The Balaban J connectivity index is 1.38. The summed E-state index contributed by atoms with van der Waals surface area (Å²) in [5.74, 6) is -3.54. The van der Waals surface area contributed by atoms with Crippen LogP contribution >= 0.6 is 0 Å². The minimum atomic E-state index is -1.73. The van der Waals surface area contributed by atoms with E-state index in [1.807, 2.05) is 89.3 Å². The molecule has 0 aromatic heterocycles. The third-order valence-corrected chi connectivity index (χ3v) is 16.8. The van der Waals surface area contributed by atoms with Crippen LogP contribution in [0.15, 0.2) is 88.5 Å². The zero-order valence-corrected chi connectivity index (χ0v) is 33.4. The van der Waals surface area contributed by atoms with Crippen molar-refractivity contribution in [1.82, 2.24) is 0 Å². The summed E-state index contributed by atoms with van der Waals surface area (Å²) >= 11 is 0. The first kappa shape index (κ1) is 38.7. The molecule has 0 saturated heterocycles. The third-order valence-electron chi connectivity index (χ3n) is 16.8. The van der Waals surface area contributed by atoms with Crippen LogP contribution in [0.3, 0.4) is 0 Å². The Bertz CT molecular complexity index is 2110. The van der Waals surface area contributed by atoms with E-state index in [9.17, 15) is 30.0 Å². The third kappa shape index (κ3) is 4.66. The van der Waals surface area contributed by atoms with E-state index in [1.54, 1.807) is 12.2 Å². The summed E-state index contributed by atoms with van der Waals surface area (Å²) < 4.78 is 0. The molecule has 12 unspecified atom stereocenters. The fourth-order valence-electron chi connectivity index (χ4n) is 14.2. The van der Waals surface area contributed by atoms with E-state index in [2.05, 4.69) is 11.9 Å². The Kier molecular flexibility index (Phi) is 8.27. The Morgan fingerprint density at radius 1 is 0.946 bits per heavy atom. The van der Waals surface area contributed by atoms with Crippen molar-refractivity contribution in [1.29, 1.82) is 0 Å². The smallest absolute Gasteiger partial charge is 0.331 e. The number of nitrogens with zero attached hydrogens (tertiary/aromatic N) is 1. The molecule has 8 N–H and O–H groups in total. The standard InChI is InChI=1S/C46H57N3O7/c1-26-33(44(54)18-10-13-28(23-44)37(52)53)30(49-38(47)48)16-20-43(26)25-45(55)21-22-46(56)29(15-14-27-11-8-7-9-12-27)35-39(2,3)32(51)17-19-40(35,4)34-31(50)24-41(43,5)42(45,6)36(34)46/h7-9,11-12,14-16,20-23,26,29-30,33,35,54-56H,10,13,17-19,24-25H2,1-6H3,(H,52,53)(H4,47,48,49). The number of carboxylic acids is 1. The molecule has 0 heterocycles. The highest BCUT2D eigenvalue weighted by molar-refractivity contribution is 6.02. The number of ketones is 2. The van der Waals surface area contributed by atoms with Gasteiger partial charge in [0, 0.05) is 57.5 Å². The van der Waals surface area contributed by atoms with Gasteiger partial charge in [0.1, 0.15) is 11.4 Å². The van der Waals surface area contributed by atoms with E-state index in [4.69, 9.17) is 11.5 Å². The Morgan fingerprint density at radius 3 is 2.30 bits per heavy atom. The van der Waals surface area contributed by atoms with Crippen molar-refractivity contribution in [3.8, 4) is 0 Å². The van der Waals surface area contributed by atoms with Gasteiger partial charge in [-0.3, -0.25) is 9.59 Å². The first-order chi connectivity index (χ1) is 26.1. The number of fused-ring (bicyclic) bond motifs is 3. The lowest BCUT2D eigenvalue weighted by Crippen LogP contribution is -2.70. The van der Waals surface area contributed by atoms with Gasteiger partial charge in [-0.1, -0.05) is 102 Å². The number of rotatable bonds is 5. The van der Waals surface area contributed by atoms with Gasteiger partial charge >= 0.3 is 5.97 Å². The van der Waals surface area contributed by atoms with Crippen LogP contribution in [0.2, 0.25) is 0 Å². The molecule has 1 aromatic rings. The number of hydrogen-bond acceptors (Lipinski definition) is 7. The van der Waals surface area contributed by atoms with Gasteiger partial charge in [0.05, 0.1) is 17.2 Å². The van der Waals surface area contributed by atoms with E-state index in [-0.39, 0.29) is 42.4 Å². The number of nitrogens with two attached hydrogens (primary N) is 2. The topological polar surface area (TPSA) is 197 Å². The van der Waals surface area contributed by atoms with Crippen LogP contribution in [-0.2, 0) is 14.4 Å². The van der Waals surface area contributed by atoms with E-state index in [0.717, 1.165) is 5.56 Å². The molecule has 8 rings (SSSR count). The van der Waals surface area contributed by atoms with Crippen LogP contribution in [0.4, 0.5) is 0 Å². The zero-order chi connectivity index (χ0) is 40.6. The average Bonchev–Trinajstić information content (AvgIpc) is 3.27. The number of guanidine groups is 1. The number of carboxylic acid groups (broad SMARTS) is 1. The van der Waals surface area contributed by atoms with Crippen LogP contribution in [0.25, 0.3) is 6.08 Å². The van der Waals surface area contributed by atoms with Crippen LogP contribution in [0.5, 0.6) is 0 Å². The van der Waals surface area contributed by atoms with Crippen molar-refractivity contribution in [3.63, 3.8) is 0 Å². The molecule has 298 valence electrons. The molecule has 10 heteroatoms. The largest absolute Gasteiger partial charge is 0.478 e. The molecular formula is C46H57N3O7. The van der Waals surface area contributed by atoms with Crippen LogP contribution in [0, 0.1) is 50.7 Å². The average molecular weight is 764 g/mol. The normalized spacial score (nSPS) is 46.1. The minimum absolute atomic E-state index is 0.0543. The van der Waals surface area contributed by atoms with E-state index in [1.165, 1.54) is 6.08 Å². The van der Waals surface area contributed by atoms with Crippen molar-refractivity contribution >= 4 is 29.6 Å². The van der Waals surface area contributed by atoms with Gasteiger partial charge in [-0.15, -0.1) is 0 Å². The highest BCUT2D eigenvalue weighted by Gasteiger charge is 2.82. The molecular weight excluding hydrogens is 707 g/mol. The van der Waals surface area contributed by atoms with Crippen LogP contribution in [0.1, 0.15) is 92.1 Å². The van der Waals surface area contributed by atoms with Crippen LogP contribution < -0.4 is 11.5 Å². The van der Waals surface area contributed by atoms with Crippen molar-refractivity contribution in [2.24, 2.45) is 67.2 Å². The highest BCUT2D eigenvalue weighted by atomic mass is 16.4. The lowest BCUT2D eigenvalue weighted by atomic mass is 9.35. The molecule has 10 nitrogen and oxygen atoms in total. The van der Waals surface area contributed by atoms with Gasteiger partial charge in [-0.05, 0) is 72.6 Å². The number of benzene rings is 1. The molecule has 1 aromatic carbocycles. The van der Waals surface area contributed by atoms with Crippen molar-refractivity contribution < 1.29 is 34.8 Å². The van der Waals surface area contributed by atoms with Gasteiger partial charge in [0.2, 0.25) is 0 Å². The summed E-state index contributed by atoms with van der Waals surface area (Å²) in [6, 6.07) is 9.10. The first-order valence-corrected chi connectivity index (χ1v) is 20.2. The predicted molar refractivity (Wildman–Crippen MR) is 213 cm³/mol. The Labute approximate surface area is 329 Å². The quantitative estimate of drug-likeness (QED) is 0.129.